The van der Waals surface area contributed by atoms with Gasteiger partial charge in [-0.05, 0) is 54.8 Å². The first kappa shape index (κ1) is 17.3. The summed E-state index contributed by atoms with van der Waals surface area (Å²) in [5, 5.41) is 13.5. The maximum atomic E-state index is 11.0. The fraction of sp³-hybridized carbons (Fsp3) is 0.364. The van der Waals surface area contributed by atoms with Gasteiger partial charge in [-0.25, -0.2) is 0 Å². The molecule has 4 nitrogen and oxygen atoms in total. The zero-order chi connectivity index (χ0) is 18.3. The Labute approximate surface area is 154 Å². The predicted octanol–water partition coefficient (Wildman–Crippen LogP) is 3.49. The van der Waals surface area contributed by atoms with Crippen molar-refractivity contribution in [3.05, 3.63) is 65.9 Å². The van der Waals surface area contributed by atoms with E-state index in [4.69, 9.17) is 4.84 Å². The van der Waals surface area contributed by atoms with Gasteiger partial charge in [0.25, 0.3) is 0 Å². The van der Waals surface area contributed by atoms with Crippen molar-refractivity contribution >= 4 is 16.3 Å². The molecule has 2 aliphatic heterocycles. The van der Waals surface area contributed by atoms with Gasteiger partial charge in [-0.3, -0.25) is 15.2 Å². The molecule has 0 amide bonds. The van der Waals surface area contributed by atoms with Gasteiger partial charge in [-0.2, -0.15) is 0 Å². The van der Waals surface area contributed by atoms with Crippen molar-refractivity contribution in [3.63, 3.8) is 0 Å². The zero-order valence-corrected chi connectivity index (χ0v) is 15.6. The smallest absolute Gasteiger partial charge is 0.108 e. The van der Waals surface area contributed by atoms with E-state index in [1.54, 1.807) is 7.11 Å². The van der Waals surface area contributed by atoms with Crippen molar-refractivity contribution in [1.29, 1.82) is 0 Å². The van der Waals surface area contributed by atoms with Gasteiger partial charge in [0, 0.05) is 6.04 Å². The van der Waals surface area contributed by atoms with Gasteiger partial charge in [0.15, 0.2) is 0 Å². The van der Waals surface area contributed by atoms with Crippen LogP contribution in [0.2, 0.25) is 0 Å². The number of nitrogens with one attached hydrogen (secondary N) is 1. The average Bonchev–Trinajstić information content (AvgIpc) is 2.81. The third-order valence-corrected chi connectivity index (χ3v) is 6.04. The predicted molar refractivity (Wildman–Crippen MR) is 105 cm³/mol. The number of fused-ring (bicyclic) bond motifs is 3. The molecule has 2 aromatic carbocycles. The fourth-order valence-corrected chi connectivity index (χ4v) is 4.65. The van der Waals surface area contributed by atoms with Crippen LogP contribution in [0.5, 0.6) is 0 Å². The first-order chi connectivity index (χ1) is 12.6. The van der Waals surface area contributed by atoms with Crippen LogP contribution in [0.1, 0.15) is 25.3 Å². The third-order valence-electron chi connectivity index (χ3n) is 6.04. The van der Waals surface area contributed by atoms with E-state index >= 15 is 0 Å². The molecule has 3 atom stereocenters. The molecule has 2 aromatic rings. The van der Waals surface area contributed by atoms with Crippen LogP contribution in [-0.4, -0.2) is 41.8 Å². The Bertz CT molecular complexity index is 889. The maximum Gasteiger partial charge on any atom is 0.108 e. The minimum Gasteiger partial charge on any atom is -0.390 e. The summed E-state index contributed by atoms with van der Waals surface area (Å²) in [6, 6.07) is 15.4. The highest BCUT2D eigenvalue weighted by Crippen LogP contribution is 2.47. The summed E-state index contributed by atoms with van der Waals surface area (Å²) in [5.74, 6) is 0. The van der Waals surface area contributed by atoms with Gasteiger partial charge in [0.1, 0.15) is 5.54 Å². The standard InChI is InChI=1S/C22H26N2O2/c1-4-20(23-26-3)22-14-18(12-19(24(22)2)13-21(22)25)17-10-9-15-7-5-6-8-16(15)11-17/h4-11,14,19,21,23,25H,12-13H2,1-3H3/t19?,21?,22-/m0/s1. The topological polar surface area (TPSA) is 44.7 Å². The Balaban J connectivity index is 1.84. The number of aliphatic hydroxyl groups excluding tert-OH is 1. The second-order valence-corrected chi connectivity index (χ2v) is 7.29. The molecule has 0 aliphatic carbocycles. The lowest BCUT2D eigenvalue weighted by Gasteiger charge is -2.43. The second kappa shape index (κ2) is 6.54. The lowest BCUT2D eigenvalue weighted by atomic mass is 9.84. The first-order valence-electron chi connectivity index (χ1n) is 9.18. The van der Waals surface area contributed by atoms with Crippen LogP contribution in [0.3, 0.4) is 0 Å². The van der Waals surface area contributed by atoms with E-state index in [2.05, 4.69) is 66.0 Å². The molecule has 26 heavy (non-hydrogen) atoms. The molecule has 2 unspecified atom stereocenters. The number of rotatable bonds is 4. The molecule has 4 heteroatoms. The highest BCUT2D eigenvalue weighted by molar-refractivity contribution is 5.86. The molecule has 0 spiro atoms. The molecule has 2 bridgehead atoms. The number of hydrogen-bond acceptors (Lipinski definition) is 4. The summed E-state index contributed by atoms with van der Waals surface area (Å²) in [7, 11) is 3.70. The van der Waals surface area contributed by atoms with Crippen molar-refractivity contribution in [2.75, 3.05) is 14.2 Å². The molecule has 2 heterocycles. The highest BCUT2D eigenvalue weighted by Gasteiger charge is 2.54. The summed E-state index contributed by atoms with van der Waals surface area (Å²) in [6.45, 7) is 1.97. The molecule has 0 saturated carbocycles. The Kier molecular flexibility index (Phi) is 4.35. The van der Waals surface area contributed by atoms with Crippen molar-refractivity contribution in [1.82, 2.24) is 10.4 Å². The van der Waals surface area contributed by atoms with Gasteiger partial charge in [-0.1, -0.05) is 48.6 Å². The Hall–Kier alpha value is -2.14. The lowest BCUT2D eigenvalue weighted by Crippen LogP contribution is -2.55. The number of benzene rings is 2. The van der Waals surface area contributed by atoms with E-state index in [0.717, 1.165) is 18.5 Å². The summed E-state index contributed by atoms with van der Waals surface area (Å²) >= 11 is 0. The van der Waals surface area contributed by atoms with Gasteiger partial charge in [-0.15, -0.1) is 0 Å². The zero-order valence-electron chi connectivity index (χ0n) is 15.6. The Morgan fingerprint density at radius 1 is 1.27 bits per heavy atom. The van der Waals surface area contributed by atoms with E-state index in [9.17, 15) is 5.11 Å². The van der Waals surface area contributed by atoms with E-state index in [1.165, 1.54) is 21.9 Å². The number of aliphatic hydroxyl groups is 1. The number of likely N-dealkylation sites (N-methyl/N-ethyl adjacent to an activating group) is 1. The first-order valence-corrected chi connectivity index (χ1v) is 9.18. The van der Waals surface area contributed by atoms with Crippen LogP contribution < -0.4 is 5.48 Å². The molecule has 136 valence electrons. The third kappa shape index (κ3) is 2.49. The molecule has 4 rings (SSSR count). The summed E-state index contributed by atoms with van der Waals surface area (Å²) in [6.07, 6.45) is 5.45. The van der Waals surface area contributed by atoms with E-state index in [0.29, 0.717) is 6.04 Å². The minimum absolute atomic E-state index is 0.310. The van der Waals surface area contributed by atoms with Crippen LogP contribution in [0.15, 0.2) is 60.3 Å². The Morgan fingerprint density at radius 3 is 2.77 bits per heavy atom. The second-order valence-electron chi connectivity index (χ2n) is 7.29. The average molecular weight is 350 g/mol. The SMILES string of the molecule is CC=C(NOC)[C@@]12C=C(c3ccc4ccccc4c3)CC(CC1O)N2C. The summed E-state index contributed by atoms with van der Waals surface area (Å²) in [5.41, 5.74) is 5.82. The molecule has 2 aliphatic rings. The lowest BCUT2D eigenvalue weighted by molar-refractivity contribution is 0.0454. The summed E-state index contributed by atoms with van der Waals surface area (Å²) < 4.78 is 0. The van der Waals surface area contributed by atoms with Gasteiger partial charge in [0.05, 0.1) is 18.9 Å². The van der Waals surface area contributed by atoms with Crippen molar-refractivity contribution < 1.29 is 9.94 Å². The number of nitrogens with zero attached hydrogens (tertiary/aromatic N) is 1. The van der Waals surface area contributed by atoms with Crippen molar-refractivity contribution in [2.24, 2.45) is 0 Å². The molecular weight excluding hydrogens is 324 g/mol. The van der Waals surface area contributed by atoms with Crippen LogP contribution in [-0.2, 0) is 4.84 Å². The molecule has 0 aromatic heterocycles. The van der Waals surface area contributed by atoms with E-state index in [-0.39, 0.29) is 0 Å². The molecule has 2 N–H and O–H groups in total. The maximum absolute atomic E-state index is 11.0. The largest absolute Gasteiger partial charge is 0.390 e. The normalized spacial score (nSPS) is 29.1. The van der Waals surface area contributed by atoms with Crippen molar-refractivity contribution in [3.8, 4) is 0 Å². The van der Waals surface area contributed by atoms with Crippen LogP contribution in [0, 0.1) is 0 Å². The van der Waals surface area contributed by atoms with Gasteiger partial charge in [0.2, 0.25) is 0 Å². The summed E-state index contributed by atoms with van der Waals surface area (Å²) in [4.78, 5) is 7.48. The molecule has 1 fully saturated rings. The Morgan fingerprint density at radius 2 is 2.04 bits per heavy atom. The van der Waals surface area contributed by atoms with Crippen LogP contribution in [0.4, 0.5) is 0 Å². The molecule has 1 saturated heterocycles. The fourth-order valence-electron chi connectivity index (χ4n) is 4.65. The van der Waals surface area contributed by atoms with E-state index < -0.39 is 11.6 Å². The minimum atomic E-state index is -0.575. The van der Waals surface area contributed by atoms with Crippen LogP contribution in [0.25, 0.3) is 16.3 Å². The van der Waals surface area contributed by atoms with Gasteiger partial charge < -0.3 is 5.11 Å². The molecular formula is C22H26N2O2. The van der Waals surface area contributed by atoms with Crippen LogP contribution >= 0.6 is 0 Å². The highest BCUT2D eigenvalue weighted by atomic mass is 16.6. The number of hydrogen-bond donors (Lipinski definition) is 2. The molecule has 0 radical (unpaired) electrons. The van der Waals surface area contributed by atoms with E-state index in [1.807, 2.05) is 13.0 Å². The van der Waals surface area contributed by atoms with Gasteiger partial charge >= 0.3 is 0 Å². The number of allylic oxidation sites excluding steroid dienone is 1. The monoisotopic (exact) mass is 350 g/mol. The quantitative estimate of drug-likeness (QED) is 0.829. The number of hydroxylamine groups is 1. The van der Waals surface area contributed by atoms with Crippen molar-refractivity contribution in [2.45, 2.75) is 37.5 Å².